The molecule has 28 heavy (non-hydrogen) atoms. The van der Waals surface area contributed by atoms with Crippen LogP contribution < -0.4 is 15.0 Å². The van der Waals surface area contributed by atoms with Gasteiger partial charge in [-0.25, -0.2) is 0 Å². The predicted molar refractivity (Wildman–Crippen MR) is 107 cm³/mol. The number of anilines is 2. The number of aromatic nitrogens is 1. The maximum Gasteiger partial charge on any atom is 0.265 e. The van der Waals surface area contributed by atoms with Gasteiger partial charge in [-0.15, -0.1) is 0 Å². The summed E-state index contributed by atoms with van der Waals surface area (Å²) in [6.45, 7) is 3.70. The zero-order valence-corrected chi connectivity index (χ0v) is 15.8. The number of benzene rings is 1. The van der Waals surface area contributed by atoms with Gasteiger partial charge >= 0.3 is 0 Å². The van der Waals surface area contributed by atoms with E-state index in [4.69, 9.17) is 4.74 Å². The van der Waals surface area contributed by atoms with Crippen molar-refractivity contribution in [3.8, 4) is 5.75 Å². The van der Waals surface area contributed by atoms with Gasteiger partial charge in [0.15, 0.2) is 6.61 Å². The summed E-state index contributed by atoms with van der Waals surface area (Å²) < 4.78 is 5.58. The summed E-state index contributed by atoms with van der Waals surface area (Å²) in [6.07, 6.45) is 6.89. The van der Waals surface area contributed by atoms with E-state index in [2.05, 4.69) is 15.2 Å². The molecule has 0 spiro atoms. The molecule has 1 fully saturated rings. The number of amides is 2. The minimum absolute atomic E-state index is 0.0513. The zero-order valence-electron chi connectivity index (χ0n) is 15.8. The van der Waals surface area contributed by atoms with Gasteiger partial charge in [-0.05, 0) is 56.3 Å². The van der Waals surface area contributed by atoms with Crippen LogP contribution in [0.2, 0.25) is 0 Å². The number of ether oxygens (including phenoxy) is 1. The number of rotatable bonds is 5. The number of pyridine rings is 1. The van der Waals surface area contributed by atoms with Gasteiger partial charge in [0, 0.05) is 36.7 Å². The third kappa shape index (κ3) is 4.14. The van der Waals surface area contributed by atoms with E-state index in [1.165, 1.54) is 19.3 Å². The van der Waals surface area contributed by atoms with E-state index in [0.29, 0.717) is 29.2 Å². The standard InChI is InChI=1S/C21H24N4O3/c26-20-15-28-19-5-4-17(23-21(27)16-6-8-22-9-7-16)14-18(19)25(20)13-12-24-10-2-1-3-11-24/h4-9,14H,1-3,10-13,15H2,(H,23,27). The Labute approximate surface area is 164 Å². The van der Waals surface area contributed by atoms with Crippen molar-refractivity contribution in [1.29, 1.82) is 0 Å². The molecule has 0 radical (unpaired) electrons. The number of piperidine rings is 1. The van der Waals surface area contributed by atoms with Crippen LogP contribution in [0.5, 0.6) is 5.75 Å². The number of hydrogen-bond acceptors (Lipinski definition) is 5. The van der Waals surface area contributed by atoms with E-state index in [9.17, 15) is 9.59 Å². The molecule has 7 nitrogen and oxygen atoms in total. The maximum atomic E-state index is 12.5. The monoisotopic (exact) mass is 380 g/mol. The lowest BCUT2D eigenvalue weighted by atomic mass is 10.1. The van der Waals surface area contributed by atoms with Crippen molar-refractivity contribution in [3.63, 3.8) is 0 Å². The molecule has 1 N–H and O–H groups in total. The Morgan fingerprint density at radius 2 is 1.86 bits per heavy atom. The molecule has 0 aliphatic carbocycles. The summed E-state index contributed by atoms with van der Waals surface area (Å²) in [7, 11) is 0. The van der Waals surface area contributed by atoms with Gasteiger partial charge in [0.1, 0.15) is 5.75 Å². The molecule has 2 aromatic rings. The molecule has 3 heterocycles. The van der Waals surface area contributed by atoms with E-state index in [-0.39, 0.29) is 18.4 Å². The number of carbonyl (C=O) groups is 2. The molecule has 2 aliphatic rings. The van der Waals surface area contributed by atoms with E-state index in [0.717, 1.165) is 19.6 Å². The van der Waals surface area contributed by atoms with Crippen molar-refractivity contribution in [2.24, 2.45) is 0 Å². The summed E-state index contributed by atoms with van der Waals surface area (Å²) in [4.78, 5) is 33.0. The quantitative estimate of drug-likeness (QED) is 0.863. The SMILES string of the molecule is O=C(Nc1ccc2c(c1)N(CCN1CCCCC1)C(=O)CO2)c1ccncc1. The molecule has 0 bridgehead atoms. The first-order valence-electron chi connectivity index (χ1n) is 9.72. The van der Waals surface area contributed by atoms with E-state index in [1.54, 1.807) is 41.6 Å². The van der Waals surface area contributed by atoms with Crippen molar-refractivity contribution in [2.75, 3.05) is 43.0 Å². The largest absolute Gasteiger partial charge is 0.482 e. The van der Waals surface area contributed by atoms with Gasteiger partial charge in [0.25, 0.3) is 11.8 Å². The van der Waals surface area contributed by atoms with Gasteiger partial charge in [0.2, 0.25) is 0 Å². The second-order valence-corrected chi connectivity index (χ2v) is 7.11. The Balaban J connectivity index is 1.49. The number of nitrogens with one attached hydrogen (secondary N) is 1. The van der Waals surface area contributed by atoms with Crippen LogP contribution in [0.15, 0.2) is 42.7 Å². The highest BCUT2D eigenvalue weighted by atomic mass is 16.5. The van der Waals surface area contributed by atoms with Crippen LogP contribution in [0.4, 0.5) is 11.4 Å². The van der Waals surface area contributed by atoms with Crippen molar-refractivity contribution >= 4 is 23.2 Å². The number of carbonyl (C=O) groups excluding carboxylic acids is 2. The predicted octanol–water partition coefficient (Wildman–Crippen LogP) is 2.55. The number of hydrogen-bond donors (Lipinski definition) is 1. The van der Waals surface area contributed by atoms with Gasteiger partial charge in [-0.2, -0.15) is 0 Å². The molecule has 1 saturated heterocycles. The summed E-state index contributed by atoms with van der Waals surface area (Å²) >= 11 is 0. The second kappa shape index (κ2) is 8.39. The smallest absolute Gasteiger partial charge is 0.265 e. The minimum Gasteiger partial charge on any atom is -0.482 e. The maximum absolute atomic E-state index is 12.5. The minimum atomic E-state index is -0.217. The lowest BCUT2D eigenvalue weighted by Gasteiger charge is -2.33. The van der Waals surface area contributed by atoms with Gasteiger partial charge in [-0.1, -0.05) is 6.42 Å². The summed E-state index contributed by atoms with van der Waals surface area (Å²) in [6, 6.07) is 8.71. The molecule has 146 valence electrons. The first-order valence-corrected chi connectivity index (χ1v) is 9.72. The fourth-order valence-electron chi connectivity index (χ4n) is 3.66. The Hall–Kier alpha value is -2.93. The second-order valence-electron chi connectivity index (χ2n) is 7.11. The number of likely N-dealkylation sites (tertiary alicyclic amines) is 1. The third-order valence-electron chi connectivity index (χ3n) is 5.19. The van der Waals surface area contributed by atoms with Crippen LogP contribution >= 0.6 is 0 Å². The van der Waals surface area contributed by atoms with Gasteiger partial charge in [-0.3, -0.25) is 14.6 Å². The van der Waals surface area contributed by atoms with Gasteiger partial charge in [0.05, 0.1) is 5.69 Å². The van der Waals surface area contributed by atoms with Crippen LogP contribution in [0, 0.1) is 0 Å². The Morgan fingerprint density at radius 1 is 1.07 bits per heavy atom. The molecular weight excluding hydrogens is 356 g/mol. The molecule has 0 unspecified atom stereocenters. The molecule has 4 rings (SSSR count). The number of fused-ring (bicyclic) bond motifs is 1. The highest BCUT2D eigenvalue weighted by molar-refractivity contribution is 6.05. The van der Waals surface area contributed by atoms with Crippen molar-refractivity contribution in [1.82, 2.24) is 9.88 Å². The number of nitrogens with zero attached hydrogens (tertiary/aromatic N) is 3. The Bertz CT molecular complexity index is 850. The molecule has 0 saturated carbocycles. The summed E-state index contributed by atoms with van der Waals surface area (Å²) in [5, 5.41) is 2.88. The molecule has 2 aliphatic heterocycles. The first-order chi connectivity index (χ1) is 13.7. The Morgan fingerprint density at radius 3 is 2.64 bits per heavy atom. The van der Waals surface area contributed by atoms with Crippen LogP contribution in [0.25, 0.3) is 0 Å². The van der Waals surface area contributed by atoms with Crippen LogP contribution in [0.1, 0.15) is 29.6 Å². The van der Waals surface area contributed by atoms with E-state index in [1.807, 2.05) is 6.07 Å². The molecule has 1 aromatic carbocycles. The van der Waals surface area contributed by atoms with Crippen LogP contribution in [-0.2, 0) is 4.79 Å². The highest BCUT2D eigenvalue weighted by Crippen LogP contribution is 2.34. The molecule has 2 amide bonds. The van der Waals surface area contributed by atoms with Crippen LogP contribution in [-0.4, -0.2) is 54.5 Å². The molecule has 1 aromatic heterocycles. The van der Waals surface area contributed by atoms with E-state index < -0.39 is 0 Å². The van der Waals surface area contributed by atoms with Gasteiger partial charge < -0.3 is 19.9 Å². The average Bonchev–Trinajstić information content (AvgIpc) is 2.74. The topological polar surface area (TPSA) is 74.8 Å². The fraction of sp³-hybridized carbons (Fsp3) is 0.381. The highest BCUT2D eigenvalue weighted by Gasteiger charge is 2.26. The summed E-state index contributed by atoms with van der Waals surface area (Å²) in [5.41, 5.74) is 1.87. The molecular formula is C21H24N4O3. The third-order valence-corrected chi connectivity index (χ3v) is 5.19. The zero-order chi connectivity index (χ0) is 19.3. The summed E-state index contributed by atoms with van der Waals surface area (Å²) in [5.74, 6) is 0.396. The average molecular weight is 380 g/mol. The Kier molecular flexibility index (Phi) is 5.53. The lowest BCUT2D eigenvalue weighted by Crippen LogP contribution is -2.44. The normalized spacial score (nSPS) is 17.0. The fourth-order valence-corrected chi connectivity index (χ4v) is 3.66. The lowest BCUT2D eigenvalue weighted by molar-refractivity contribution is -0.121. The van der Waals surface area contributed by atoms with E-state index >= 15 is 0 Å². The first kappa shape index (κ1) is 18.4. The van der Waals surface area contributed by atoms with Crippen LogP contribution in [0.3, 0.4) is 0 Å². The van der Waals surface area contributed by atoms with Crippen molar-refractivity contribution < 1.29 is 14.3 Å². The molecule has 7 heteroatoms. The van der Waals surface area contributed by atoms with Crippen molar-refractivity contribution in [3.05, 3.63) is 48.3 Å². The van der Waals surface area contributed by atoms with Crippen molar-refractivity contribution in [2.45, 2.75) is 19.3 Å². The molecule has 0 atom stereocenters.